The first-order chi connectivity index (χ1) is 19.0. The van der Waals surface area contributed by atoms with Crippen LogP contribution in [0.3, 0.4) is 0 Å². The van der Waals surface area contributed by atoms with Gasteiger partial charge in [0.25, 0.3) is 0 Å². The first-order valence-corrected chi connectivity index (χ1v) is 17.3. The fourth-order valence-electron chi connectivity index (χ4n) is 4.07. The summed E-state index contributed by atoms with van der Waals surface area (Å²) in [6.45, 7) is 4.31. The Balaban J connectivity index is 4.52. The van der Waals surface area contributed by atoms with E-state index >= 15 is 0 Å². The second-order valence-corrected chi connectivity index (χ2v) is 13.3. The van der Waals surface area contributed by atoms with Crippen LogP contribution in [0.5, 0.6) is 0 Å². The Kier molecular flexibility index (Phi) is 24.0. The molecule has 0 rings (SSSR count). The standard InChI is InChI=1S/C30H60NO8P/c1-6-8-10-12-14-15-16-17-19-21-23-30(33)39-28(26-36-29(32)22-20-18-13-11-9-7-2)27-38-40(34,35)37-25-24-31(3,4)5/h28H,6-27H2,1-5H3/p+1. The van der Waals surface area contributed by atoms with E-state index in [4.69, 9.17) is 18.5 Å². The number of carbonyl (C=O) groups is 2. The van der Waals surface area contributed by atoms with E-state index in [1.807, 2.05) is 21.1 Å². The van der Waals surface area contributed by atoms with E-state index in [1.165, 1.54) is 57.8 Å². The van der Waals surface area contributed by atoms with Gasteiger partial charge in [0.05, 0.1) is 27.7 Å². The molecule has 0 aromatic rings. The minimum Gasteiger partial charge on any atom is -0.462 e. The van der Waals surface area contributed by atoms with E-state index in [9.17, 15) is 19.0 Å². The molecule has 0 radical (unpaired) electrons. The number of ether oxygens (including phenoxy) is 2. The van der Waals surface area contributed by atoms with Gasteiger partial charge in [-0.3, -0.25) is 18.6 Å². The van der Waals surface area contributed by atoms with Crippen molar-refractivity contribution in [2.24, 2.45) is 0 Å². The summed E-state index contributed by atoms with van der Waals surface area (Å²) in [5.74, 6) is -0.809. The van der Waals surface area contributed by atoms with Crippen LogP contribution in [0.2, 0.25) is 0 Å². The van der Waals surface area contributed by atoms with Crippen molar-refractivity contribution in [3.8, 4) is 0 Å². The van der Waals surface area contributed by atoms with Crippen molar-refractivity contribution in [3.63, 3.8) is 0 Å². The van der Waals surface area contributed by atoms with Gasteiger partial charge in [0.1, 0.15) is 19.8 Å². The highest BCUT2D eigenvalue weighted by molar-refractivity contribution is 7.47. The summed E-state index contributed by atoms with van der Waals surface area (Å²) in [6, 6.07) is 0. The third-order valence-electron chi connectivity index (χ3n) is 6.64. The Bertz CT molecular complexity index is 683. The van der Waals surface area contributed by atoms with Crippen molar-refractivity contribution in [1.29, 1.82) is 0 Å². The van der Waals surface area contributed by atoms with E-state index in [-0.39, 0.29) is 25.6 Å². The van der Waals surface area contributed by atoms with E-state index in [1.54, 1.807) is 0 Å². The smallest absolute Gasteiger partial charge is 0.462 e. The molecular formula is C30H61NO8P+. The van der Waals surface area contributed by atoms with Crippen LogP contribution in [0.15, 0.2) is 0 Å². The van der Waals surface area contributed by atoms with E-state index < -0.39 is 26.5 Å². The average Bonchev–Trinajstić information content (AvgIpc) is 2.88. The number of rotatable bonds is 28. The molecule has 0 bridgehead atoms. The number of esters is 2. The van der Waals surface area contributed by atoms with Crippen LogP contribution in [-0.2, 0) is 32.7 Å². The summed E-state index contributed by atoms with van der Waals surface area (Å²) in [6.07, 6.45) is 17.5. The summed E-state index contributed by atoms with van der Waals surface area (Å²) < 4.78 is 33.8. The average molecular weight is 595 g/mol. The molecule has 0 aliphatic carbocycles. The Labute approximate surface area is 244 Å². The largest absolute Gasteiger partial charge is 0.472 e. The molecule has 0 aliphatic rings. The highest BCUT2D eigenvalue weighted by Crippen LogP contribution is 2.43. The molecule has 0 aromatic carbocycles. The van der Waals surface area contributed by atoms with Crippen LogP contribution >= 0.6 is 7.82 Å². The van der Waals surface area contributed by atoms with Crippen molar-refractivity contribution < 1.29 is 42.1 Å². The molecule has 0 saturated heterocycles. The lowest BCUT2D eigenvalue weighted by molar-refractivity contribution is -0.870. The number of quaternary nitrogens is 1. The van der Waals surface area contributed by atoms with Crippen LogP contribution in [0.25, 0.3) is 0 Å². The first-order valence-electron chi connectivity index (χ1n) is 15.8. The number of nitrogens with zero attached hydrogens (tertiary/aromatic N) is 1. The lowest BCUT2D eigenvalue weighted by atomic mass is 10.1. The Morgan fingerprint density at radius 2 is 1.12 bits per heavy atom. The summed E-state index contributed by atoms with van der Waals surface area (Å²) in [4.78, 5) is 34.7. The normalized spacial score (nSPS) is 14.1. The predicted molar refractivity (Wildman–Crippen MR) is 160 cm³/mol. The maximum absolute atomic E-state index is 12.5. The van der Waals surface area contributed by atoms with E-state index in [2.05, 4.69) is 13.8 Å². The topological polar surface area (TPSA) is 108 Å². The van der Waals surface area contributed by atoms with Crippen LogP contribution in [0, 0.1) is 0 Å². The van der Waals surface area contributed by atoms with Gasteiger partial charge in [0.15, 0.2) is 6.10 Å². The zero-order chi connectivity index (χ0) is 30.1. The summed E-state index contributed by atoms with van der Waals surface area (Å²) in [5.41, 5.74) is 0. The molecule has 0 spiro atoms. The van der Waals surface area contributed by atoms with Gasteiger partial charge in [-0.2, -0.15) is 0 Å². The van der Waals surface area contributed by atoms with Crippen molar-refractivity contribution in [2.75, 3.05) is 47.5 Å². The van der Waals surface area contributed by atoms with Gasteiger partial charge < -0.3 is 18.9 Å². The molecule has 0 aromatic heterocycles. The van der Waals surface area contributed by atoms with Crippen LogP contribution in [0.1, 0.15) is 129 Å². The molecule has 10 heteroatoms. The second kappa shape index (κ2) is 24.6. The molecular weight excluding hydrogens is 533 g/mol. The number of phosphoric ester groups is 1. The van der Waals surface area contributed by atoms with Crippen molar-refractivity contribution in [3.05, 3.63) is 0 Å². The molecule has 0 amide bonds. The molecule has 238 valence electrons. The molecule has 0 aliphatic heterocycles. The third kappa shape index (κ3) is 27.2. The molecule has 0 fully saturated rings. The fraction of sp³-hybridized carbons (Fsp3) is 0.933. The fourth-order valence-corrected chi connectivity index (χ4v) is 4.81. The van der Waals surface area contributed by atoms with Crippen molar-refractivity contribution >= 4 is 19.8 Å². The van der Waals surface area contributed by atoms with Crippen molar-refractivity contribution in [2.45, 2.75) is 136 Å². The Morgan fingerprint density at radius 3 is 1.60 bits per heavy atom. The number of phosphoric acid groups is 1. The zero-order valence-corrected chi connectivity index (χ0v) is 27.2. The van der Waals surface area contributed by atoms with Gasteiger partial charge in [-0.1, -0.05) is 104 Å². The summed E-state index contributed by atoms with van der Waals surface area (Å²) in [7, 11) is 1.48. The van der Waals surface area contributed by atoms with Gasteiger partial charge in [-0.15, -0.1) is 0 Å². The van der Waals surface area contributed by atoms with E-state index in [0.717, 1.165) is 38.5 Å². The SMILES string of the molecule is CCCCCCCCCCCCC(=O)OC(COC(=O)CCCCCCCC)COP(=O)(O)OCC[N+](C)(C)C. The van der Waals surface area contributed by atoms with Gasteiger partial charge in [0.2, 0.25) is 0 Å². The number of likely N-dealkylation sites (N-methyl/N-ethyl adjacent to an activating group) is 1. The van der Waals surface area contributed by atoms with Gasteiger partial charge >= 0.3 is 19.8 Å². The maximum Gasteiger partial charge on any atom is 0.472 e. The Morgan fingerprint density at radius 1 is 0.675 bits per heavy atom. The molecule has 40 heavy (non-hydrogen) atoms. The molecule has 1 N–H and O–H groups in total. The van der Waals surface area contributed by atoms with Gasteiger partial charge in [0, 0.05) is 12.8 Å². The highest BCUT2D eigenvalue weighted by atomic mass is 31.2. The number of hydrogen-bond donors (Lipinski definition) is 1. The van der Waals surface area contributed by atoms with Crippen LogP contribution in [-0.4, -0.2) is 74.9 Å². The maximum atomic E-state index is 12.5. The van der Waals surface area contributed by atoms with Gasteiger partial charge in [-0.25, -0.2) is 4.57 Å². The summed E-state index contributed by atoms with van der Waals surface area (Å²) in [5, 5.41) is 0. The molecule has 2 atom stereocenters. The highest BCUT2D eigenvalue weighted by Gasteiger charge is 2.27. The van der Waals surface area contributed by atoms with Crippen LogP contribution < -0.4 is 0 Å². The Hall–Kier alpha value is -0.990. The molecule has 0 saturated carbocycles. The number of carbonyl (C=O) groups excluding carboxylic acids is 2. The number of hydrogen-bond acceptors (Lipinski definition) is 7. The minimum atomic E-state index is -4.34. The second-order valence-electron chi connectivity index (χ2n) is 11.9. The molecule has 2 unspecified atom stereocenters. The third-order valence-corrected chi connectivity index (χ3v) is 7.62. The lowest BCUT2D eigenvalue weighted by Crippen LogP contribution is -2.37. The minimum absolute atomic E-state index is 0.0354. The monoisotopic (exact) mass is 594 g/mol. The quantitative estimate of drug-likeness (QED) is 0.0434. The predicted octanol–water partition coefficient (Wildman–Crippen LogP) is 7.34. The zero-order valence-electron chi connectivity index (χ0n) is 26.3. The van der Waals surface area contributed by atoms with Crippen molar-refractivity contribution in [1.82, 2.24) is 0 Å². The molecule has 0 heterocycles. The summed E-state index contributed by atoms with van der Waals surface area (Å²) >= 11 is 0. The van der Waals surface area contributed by atoms with Gasteiger partial charge in [-0.05, 0) is 12.8 Å². The van der Waals surface area contributed by atoms with Crippen LogP contribution in [0.4, 0.5) is 0 Å². The lowest BCUT2D eigenvalue weighted by Gasteiger charge is -2.24. The number of unbranched alkanes of at least 4 members (excludes halogenated alkanes) is 14. The van der Waals surface area contributed by atoms with E-state index in [0.29, 0.717) is 23.9 Å². The first kappa shape index (κ1) is 39.0. The molecule has 9 nitrogen and oxygen atoms in total.